The second-order valence-corrected chi connectivity index (χ2v) is 5.97. The number of hydrogen-bond acceptors (Lipinski definition) is 2. The monoisotopic (exact) mass is 224 g/mol. The first-order valence-corrected chi connectivity index (χ1v) is 5.91. The first-order chi connectivity index (χ1) is 7.30. The number of likely N-dealkylation sites (tertiary alicyclic amines) is 1. The van der Waals surface area contributed by atoms with Gasteiger partial charge in [-0.05, 0) is 25.4 Å². The number of carbonyl (C=O) groups is 1. The van der Waals surface area contributed by atoms with Gasteiger partial charge in [0.1, 0.15) is 0 Å². The predicted octanol–water partition coefficient (Wildman–Crippen LogP) is 1.61. The highest BCUT2D eigenvalue weighted by Crippen LogP contribution is 2.33. The van der Waals surface area contributed by atoms with Crippen molar-refractivity contribution in [1.29, 1.82) is 0 Å². The van der Waals surface area contributed by atoms with E-state index in [0.717, 1.165) is 19.6 Å². The summed E-state index contributed by atoms with van der Waals surface area (Å²) in [6.07, 6.45) is 3.62. The summed E-state index contributed by atoms with van der Waals surface area (Å²) in [7, 11) is 3.99. The van der Waals surface area contributed by atoms with Gasteiger partial charge in [0.25, 0.3) is 0 Å². The Morgan fingerprint density at radius 3 is 2.38 bits per heavy atom. The van der Waals surface area contributed by atoms with Gasteiger partial charge in [-0.2, -0.15) is 0 Å². The first kappa shape index (κ1) is 13.2. The molecule has 0 spiro atoms. The Morgan fingerprint density at radius 1 is 1.38 bits per heavy atom. The van der Waals surface area contributed by atoms with Gasteiger partial charge in [0, 0.05) is 25.7 Å². The van der Waals surface area contributed by atoms with Crippen molar-refractivity contribution in [3.8, 4) is 0 Å². The van der Waals surface area contributed by atoms with Crippen molar-refractivity contribution < 1.29 is 4.79 Å². The third-order valence-corrected chi connectivity index (χ3v) is 3.15. The summed E-state index contributed by atoms with van der Waals surface area (Å²) < 4.78 is 0. The molecule has 0 bridgehead atoms. The molecule has 3 heteroatoms. The molecule has 0 N–H and O–H groups in total. The molecule has 1 rings (SSSR count). The van der Waals surface area contributed by atoms with Crippen LogP contribution in [-0.4, -0.2) is 49.4 Å². The van der Waals surface area contributed by atoms with Crippen molar-refractivity contribution in [2.45, 2.75) is 20.8 Å². The Kier molecular flexibility index (Phi) is 4.14. The van der Waals surface area contributed by atoms with E-state index >= 15 is 0 Å². The highest BCUT2D eigenvalue weighted by atomic mass is 16.2. The average molecular weight is 224 g/mol. The molecule has 1 fully saturated rings. The van der Waals surface area contributed by atoms with Crippen molar-refractivity contribution in [1.82, 2.24) is 9.80 Å². The Bertz CT molecular complexity index is 270. The Hall–Kier alpha value is -0.830. The lowest BCUT2D eigenvalue weighted by Crippen LogP contribution is -2.54. The van der Waals surface area contributed by atoms with E-state index in [2.05, 4.69) is 20.8 Å². The predicted molar refractivity (Wildman–Crippen MR) is 67.2 cm³/mol. The average Bonchev–Trinajstić information content (AvgIpc) is 1.96. The van der Waals surface area contributed by atoms with Crippen molar-refractivity contribution >= 4 is 5.91 Å². The van der Waals surface area contributed by atoms with Crippen molar-refractivity contribution in [2.75, 3.05) is 33.7 Å². The molecule has 1 aliphatic rings. The van der Waals surface area contributed by atoms with E-state index in [1.165, 1.54) is 0 Å². The van der Waals surface area contributed by atoms with E-state index in [0.29, 0.717) is 11.3 Å². The molecule has 1 heterocycles. The van der Waals surface area contributed by atoms with Crippen molar-refractivity contribution in [3.63, 3.8) is 0 Å². The van der Waals surface area contributed by atoms with Crippen molar-refractivity contribution in [2.24, 2.45) is 11.3 Å². The molecule has 1 amide bonds. The molecule has 3 nitrogen and oxygen atoms in total. The fourth-order valence-corrected chi connectivity index (χ4v) is 1.68. The van der Waals surface area contributed by atoms with Gasteiger partial charge in [-0.1, -0.05) is 26.8 Å². The van der Waals surface area contributed by atoms with Gasteiger partial charge in [0.15, 0.2) is 0 Å². The van der Waals surface area contributed by atoms with Crippen molar-refractivity contribution in [3.05, 3.63) is 12.2 Å². The fraction of sp³-hybridized carbons (Fsp3) is 0.769. The Balaban J connectivity index is 2.30. The number of hydrogen-bond donors (Lipinski definition) is 0. The van der Waals surface area contributed by atoms with Gasteiger partial charge in [-0.15, -0.1) is 0 Å². The van der Waals surface area contributed by atoms with Gasteiger partial charge in [0.2, 0.25) is 5.91 Å². The van der Waals surface area contributed by atoms with E-state index in [9.17, 15) is 4.79 Å². The maximum Gasteiger partial charge on any atom is 0.246 e. The molecule has 0 aromatic carbocycles. The molecule has 0 saturated carbocycles. The van der Waals surface area contributed by atoms with Crippen LogP contribution in [0.1, 0.15) is 20.8 Å². The highest BCUT2D eigenvalue weighted by Gasteiger charge is 2.37. The second kappa shape index (κ2) is 5.00. The minimum atomic E-state index is 0.155. The maximum absolute atomic E-state index is 11.7. The molecular formula is C13H24N2O. The lowest BCUT2D eigenvalue weighted by atomic mass is 9.76. The van der Waals surface area contributed by atoms with Crippen LogP contribution in [0.15, 0.2) is 12.2 Å². The molecule has 0 aromatic heterocycles. The zero-order valence-corrected chi connectivity index (χ0v) is 11.2. The zero-order valence-electron chi connectivity index (χ0n) is 11.2. The molecule has 0 atom stereocenters. The number of amides is 1. The molecule has 1 saturated heterocycles. The molecule has 1 aliphatic heterocycles. The van der Waals surface area contributed by atoms with Gasteiger partial charge in [-0.3, -0.25) is 4.79 Å². The normalized spacial score (nSPS) is 18.2. The van der Waals surface area contributed by atoms with Crippen LogP contribution in [0.3, 0.4) is 0 Å². The van der Waals surface area contributed by atoms with Gasteiger partial charge in [0.05, 0.1) is 0 Å². The fourth-order valence-electron chi connectivity index (χ4n) is 1.68. The lowest BCUT2D eigenvalue weighted by molar-refractivity contribution is -0.134. The second-order valence-electron chi connectivity index (χ2n) is 5.97. The van der Waals surface area contributed by atoms with E-state index < -0.39 is 0 Å². The molecule has 0 aliphatic carbocycles. The van der Waals surface area contributed by atoms with Crippen LogP contribution in [0, 0.1) is 11.3 Å². The third kappa shape index (κ3) is 3.63. The van der Waals surface area contributed by atoms with Crippen LogP contribution in [0.25, 0.3) is 0 Å². The molecular weight excluding hydrogens is 200 g/mol. The van der Waals surface area contributed by atoms with E-state index in [1.54, 1.807) is 6.08 Å². The van der Waals surface area contributed by atoms with Crippen LogP contribution >= 0.6 is 0 Å². The number of likely N-dealkylation sites (N-methyl/N-ethyl adjacent to an activating group) is 1. The summed E-state index contributed by atoms with van der Waals surface area (Å²) in [5, 5.41) is 0. The summed E-state index contributed by atoms with van der Waals surface area (Å²) in [4.78, 5) is 15.7. The van der Waals surface area contributed by atoms with E-state index in [-0.39, 0.29) is 5.91 Å². The molecule has 0 radical (unpaired) electrons. The largest absolute Gasteiger partial charge is 0.338 e. The minimum absolute atomic E-state index is 0.155. The topological polar surface area (TPSA) is 23.6 Å². The smallest absolute Gasteiger partial charge is 0.246 e. The third-order valence-electron chi connectivity index (χ3n) is 3.15. The standard InChI is InChI=1S/C13H24N2O/c1-13(2,3)11-9-15(10-11)12(16)7-6-8-14(4)5/h6-7,11H,8-10H2,1-5H3/b7-6+. The highest BCUT2D eigenvalue weighted by molar-refractivity contribution is 5.88. The summed E-state index contributed by atoms with van der Waals surface area (Å²) >= 11 is 0. The maximum atomic E-state index is 11.7. The van der Waals surface area contributed by atoms with Crippen LogP contribution in [0.2, 0.25) is 0 Å². The number of rotatable bonds is 3. The van der Waals surface area contributed by atoms with Crippen LogP contribution < -0.4 is 0 Å². The Morgan fingerprint density at radius 2 is 1.94 bits per heavy atom. The quantitative estimate of drug-likeness (QED) is 0.680. The van der Waals surface area contributed by atoms with Crippen LogP contribution in [0.5, 0.6) is 0 Å². The number of nitrogens with zero attached hydrogens (tertiary/aromatic N) is 2. The zero-order chi connectivity index (χ0) is 12.3. The number of carbonyl (C=O) groups excluding carboxylic acids is 1. The summed E-state index contributed by atoms with van der Waals surface area (Å²) in [6, 6.07) is 0. The van der Waals surface area contributed by atoms with Crippen LogP contribution in [-0.2, 0) is 4.79 Å². The SMILES string of the molecule is CN(C)C/C=C/C(=O)N1CC(C(C)(C)C)C1. The summed E-state index contributed by atoms with van der Waals surface area (Å²) in [5.74, 6) is 0.807. The molecule has 16 heavy (non-hydrogen) atoms. The van der Waals surface area contributed by atoms with Gasteiger partial charge < -0.3 is 9.80 Å². The van der Waals surface area contributed by atoms with E-state index in [4.69, 9.17) is 0 Å². The summed E-state index contributed by atoms with van der Waals surface area (Å²) in [5.41, 5.74) is 0.324. The Labute approximate surface area is 99.1 Å². The molecule has 0 unspecified atom stereocenters. The van der Waals surface area contributed by atoms with Gasteiger partial charge >= 0.3 is 0 Å². The van der Waals surface area contributed by atoms with Crippen LogP contribution in [0.4, 0.5) is 0 Å². The molecule has 92 valence electrons. The lowest BCUT2D eigenvalue weighted by Gasteiger charge is -2.45. The summed E-state index contributed by atoms with van der Waals surface area (Å²) in [6.45, 7) is 9.36. The van der Waals surface area contributed by atoms with Gasteiger partial charge in [-0.25, -0.2) is 0 Å². The molecule has 0 aromatic rings. The first-order valence-electron chi connectivity index (χ1n) is 5.91. The minimum Gasteiger partial charge on any atom is -0.338 e. The van der Waals surface area contributed by atoms with E-state index in [1.807, 2.05) is 30.0 Å².